The monoisotopic (exact) mass is 196 g/mol. The molecule has 0 aliphatic carbocycles. The van der Waals surface area contributed by atoms with Crippen LogP contribution in [0, 0.1) is 0 Å². The highest BCUT2D eigenvalue weighted by Crippen LogP contribution is 1.94. The Bertz CT molecular complexity index is 186. The van der Waals surface area contributed by atoms with Crippen LogP contribution in [0.4, 0.5) is 0 Å². The molecule has 1 N–H and O–H groups in total. The van der Waals surface area contributed by atoms with E-state index in [2.05, 4.69) is 0 Å². The minimum absolute atomic E-state index is 0.164. The third kappa shape index (κ3) is 9.87. The van der Waals surface area contributed by atoms with E-state index in [4.69, 9.17) is 9.29 Å². The molecule has 0 heterocycles. The summed E-state index contributed by atoms with van der Waals surface area (Å²) in [5.41, 5.74) is 0. The van der Waals surface area contributed by atoms with Crippen LogP contribution in [0.5, 0.6) is 0 Å². The summed E-state index contributed by atoms with van der Waals surface area (Å²) in [6.45, 7) is 3.30. The van der Waals surface area contributed by atoms with Crippen LogP contribution in [0.3, 0.4) is 0 Å². The third-order valence-corrected chi connectivity index (χ3v) is 2.09. The molecule has 0 aliphatic heterocycles. The Balaban J connectivity index is 3.12. The van der Waals surface area contributed by atoms with Gasteiger partial charge in [0.05, 0.1) is 5.75 Å². The predicted molar refractivity (Wildman–Crippen MR) is 46.8 cm³/mol. The number of unbranched alkanes of at least 4 members (excludes halogenated alkanes) is 1. The number of rotatable bonds is 7. The van der Waals surface area contributed by atoms with Gasteiger partial charge in [0.1, 0.15) is 0 Å². The minimum atomic E-state index is -3.77. The van der Waals surface area contributed by atoms with Crippen LogP contribution in [0.15, 0.2) is 0 Å². The fourth-order valence-corrected chi connectivity index (χ4v) is 1.30. The van der Waals surface area contributed by atoms with Gasteiger partial charge in [0.2, 0.25) is 0 Å². The predicted octanol–water partition coefficient (Wildman–Crippen LogP) is 1.08. The van der Waals surface area contributed by atoms with E-state index in [1.165, 1.54) is 0 Å². The van der Waals surface area contributed by atoms with Gasteiger partial charge in [0.25, 0.3) is 10.1 Å². The van der Waals surface area contributed by atoms with Crippen molar-refractivity contribution in [3.05, 3.63) is 0 Å². The largest absolute Gasteiger partial charge is 0.381 e. The normalized spacial score (nSPS) is 11.8. The quantitative estimate of drug-likeness (QED) is 0.489. The lowest BCUT2D eigenvalue weighted by Crippen LogP contribution is -2.05. The van der Waals surface area contributed by atoms with Crippen LogP contribution < -0.4 is 0 Å². The highest BCUT2D eigenvalue weighted by Gasteiger charge is 2.02. The molecule has 0 aliphatic rings. The second-order valence-electron chi connectivity index (χ2n) is 2.61. The van der Waals surface area contributed by atoms with Crippen molar-refractivity contribution >= 4 is 10.1 Å². The SMILES string of the molecule is CCCOCCCCS(=O)(=O)O. The maximum Gasteiger partial charge on any atom is 0.264 e. The summed E-state index contributed by atoms with van der Waals surface area (Å²) in [4.78, 5) is 0. The van der Waals surface area contributed by atoms with Crippen LogP contribution >= 0.6 is 0 Å². The zero-order chi connectivity index (χ0) is 9.45. The second-order valence-corrected chi connectivity index (χ2v) is 4.18. The molecule has 0 aromatic heterocycles. The average Bonchev–Trinajstić information content (AvgIpc) is 1.94. The van der Waals surface area contributed by atoms with Gasteiger partial charge in [-0.25, -0.2) is 0 Å². The topological polar surface area (TPSA) is 63.6 Å². The van der Waals surface area contributed by atoms with E-state index in [-0.39, 0.29) is 5.75 Å². The lowest BCUT2D eigenvalue weighted by Gasteiger charge is -2.00. The highest BCUT2D eigenvalue weighted by molar-refractivity contribution is 7.85. The molecule has 5 heteroatoms. The Kier molecular flexibility index (Phi) is 6.32. The molecule has 74 valence electrons. The zero-order valence-electron chi connectivity index (χ0n) is 7.32. The van der Waals surface area contributed by atoms with Crippen LogP contribution in [0.1, 0.15) is 26.2 Å². The molecule has 0 fully saturated rings. The first-order valence-corrected chi connectivity index (χ1v) is 5.70. The summed E-state index contributed by atoms with van der Waals surface area (Å²) in [5.74, 6) is -0.164. The molecule has 12 heavy (non-hydrogen) atoms. The van der Waals surface area contributed by atoms with E-state index in [0.29, 0.717) is 26.1 Å². The van der Waals surface area contributed by atoms with Crippen molar-refractivity contribution in [3.8, 4) is 0 Å². The van der Waals surface area contributed by atoms with E-state index in [1.54, 1.807) is 0 Å². The van der Waals surface area contributed by atoms with Crippen molar-refractivity contribution in [2.75, 3.05) is 19.0 Å². The van der Waals surface area contributed by atoms with Crippen LogP contribution in [-0.2, 0) is 14.9 Å². The standard InChI is InChI=1S/C7H16O4S/c1-2-5-11-6-3-4-7-12(8,9)10/h2-7H2,1H3,(H,8,9,10). The van der Waals surface area contributed by atoms with Crippen LogP contribution in [-0.4, -0.2) is 31.9 Å². The molecular formula is C7H16O4S. The first kappa shape index (κ1) is 11.9. The van der Waals surface area contributed by atoms with Crippen molar-refractivity contribution < 1.29 is 17.7 Å². The van der Waals surface area contributed by atoms with Gasteiger partial charge in [-0.15, -0.1) is 0 Å². The van der Waals surface area contributed by atoms with Crippen molar-refractivity contribution in [1.82, 2.24) is 0 Å². The molecule has 4 nitrogen and oxygen atoms in total. The van der Waals surface area contributed by atoms with Gasteiger partial charge in [-0.05, 0) is 19.3 Å². The Hall–Kier alpha value is -0.130. The average molecular weight is 196 g/mol. The Morgan fingerprint density at radius 2 is 1.92 bits per heavy atom. The summed E-state index contributed by atoms with van der Waals surface area (Å²) in [7, 11) is -3.77. The Morgan fingerprint density at radius 1 is 1.25 bits per heavy atom. The van der Waals surface area contributed by atoms with Gasteiger partial charge >= 0.3 is 0 Å². The first-order chi connectivity index (χ1) is 5.56. The maximum absolute atomic E-state index is 10.2. The fourth-order valence-electron chi connectivity index (χ4n) is 0.735. The molecule has 0 radical (unpaired) electrons. The zero-order valence-corrected chi connectivity index (χ0v) is 8.14. The Morgan fingerprint density at radius 3 is 2.42 bits per heavy atom. The molecule has 0 aromatic carbocycles. The highest BCUT2D eigenvalue weighted by atomic mass is 32.2. The van der Waals surface area contributed by atoms with Crippen molar-refractivity contribution in [3.63, 3.8) is 0 Å². The van der Waals surface area contributed by atoms with Gasteiger partial charge in [0, 0.05) is 13.2 Å². The number of hydrogen-bond acceptors (Lipinski definition) is 3. The van der Waals surface area contributed by atoms with Crippen LogP contribution in [0.2, 0.25) is 0 Å². The summed E-state index contributed by atoms with van der Waals surface area (Å²) in [6, 6.07) is 0. The molecule has 0 unspecified atom stereocenters. The van der Waals surface area contributed by atoms with Gasteiger partial charge in [-0.2, -0.15) is 8.42 Å². The molecule has 0 atom stereocenters. The van der Waals surface area contributed by atoms with E-state index >= 15 is 0 Å². The lowest BCUT2D eigenvalue weighted by molar-refractivity contribution is 0.132. The van der Waals surface area contributed by atoms with E-state index in [1.807, 2.05) is 6.92 Å². The fraction of sp³-hybridized carbons (Fsp3) is 1.00. The summed E-state index contributed by atoms with van der Waals surface area (Å²) < 4.78 is 33.9. The summed E-state index contributed by atoms with van der Waals surface area (Å²) in [5, 5.41) is 0. The maximum atomic E-state index is 10.2. The van der Waals surface area contributed by atoms with Crippen molar-refractivity contribution in [2.45, 2.75) is 26.2 Å². The van der Waals surface area contributed by atoms with E-state index in [9.17, 15) is 8.42 Å². The Labute approximate surface area is 73.7 Å². The summed E-state index contributed by atoms with van der Waals surface area (Å²) in [6.07, 6.45) is 2.11. The van der Waals surface area contributed by atoms with Gasteiger partial charge in [0.15, 0.2) is 0 Å². The van der Waals surface area contributed by atoms with Crippen molar-refractivity contribution in [1.29, 1.82) is 0 Å². The van der Waals surface area contributed by atoms with E-state index < -0.39 is 10.1 Å². The first-order valence-electron chi connectivity index (χ1n) is 4.09. The van der Waals surface area contributed by atoms with Crippen LogP contribution in [0.25, 0.3) is 0 Å². The van der Waals surface area contributed by atoms with Crippen molar-refractivity contribution in [2.24, 2.45) is 0 Å². The molecule has 0 bridgehead atoms. The summed E-state index contributed by atoms with van der Waals surface area (Å²) >= 11 is 0. The van der Waals surface area contributed by atoms with Gasteiger partial charge in [-0.1, -0.05) is 6.92 Å². The minimum Gasteiger partial charge on any atom is -0.381 e. The molecule has 0 amide bonds. The third-order valence-electron chi connectivity index (χ3n) is 1.29. The molecule has 0 rings (SSSR count). The molecule has 0 spiro atoms. The smallest absolute Gasteiger partial charge is 0.264 e. The molecule has 0 saturated carbocycles. The van der Waals surface area contributed by atoms with Gasteiger partial charge < -0.3 is 4.74 Å². The van der Waals surface area contributed by atoms with Gasteiger partial charge in [-0.3, -0.25) is 4.55 Å². The lowest BCUT2D eigenvalue weighted by atomic mass is 10.4. The molecular weight excluding hydrogens is 180 g/mol. The molecule has 0 saturated heterocycles. The number of ether oxygens (including phenoxy) is 1. The second kappa shape index (κ2) is 6.39. The molecule has 0 aromatic rings. The van der Waals surface area contributed by atoms with E-state index in [0.717, 1.165) is 6.42 Å². The number of hydrogen-bond donors (Lipinski definition) is 1.